The number of aromatic nitrogens is 2. The van der Waals surface area contributed by atoms with E-state index in [2.05, 4.69) is 25.8 Å². The molecule has 0 unspecified atom stereocenters. The van der Waals surface area contributed by atoms with E-state index in [4.69, 9.17) is 0 Å². The molecular weight excluding hydrogens is 212 g/mol. The standard InChI is InChI=1S/C14H18N2O/c1-10-6-5-7-12-15-11(9-14(2,3)4)8-13(17)16(10)12/h5-8H,9H2,1-4H3. The molecule has 0 radical (unpaired) electrons. The van der Waals surface area contributed by atoms with E-state index in [1.807, 2.05) is 25.1 Å². The van der Waals surface area contributed by atoms with Crippen molar-refractivity contribution < 1.29 is 0 Å². The van der Waals surface area contributed by atoms with Crippen LogP contribution < -0.4 is 5.56 Å². The summed E-state index contributed by atoms with van der Waals surface area (Å²) in [7, 11) is 0. The maximum Gasteiger partial charge on any atom is 0.258 e. The molecule has 90 valence electrons. The average Bonchev–Trinajstić information content (AvgIpc) is 2.13. The van der Waals surface area contributed by atoms with Crippen LogP contribution in [0.4, 0.5) is 0 Å². The highest BCUT2D eigenvalue weighted by Gasteiger charge is 2.13. The quantitative estimate of drug-likeness (QED) is 0.754. The second kappa shape index (κ2) is 3.99. The molecule has 0 spiro atoms. The van der Waals surface area contributed by atoms with Crippen LogP contribution in [0.3, 0.4) is 0 Å². The first-order valence-corrected chi connectivity index (χ1v) is 5.85. The first kappa shape index (κ1) is 11.8. The maximum atomic E-state index is 12.0. The number of pyridine rings is 1. The van der Waals surface area contributed by atoms with Crippen LogP contribution in [0.5, 0.6) is 0 Å². The fourth-order valence-electron chi connectivity index (χ4n) is 2.00. The molecule has 0 atom stereocenters. The molecular formula is C14H18N2O. The van der Waals surface area contributed by atoms with Gasteiger partial charge < -0.3 is 0 Å². The van der Waals surface area contributed by atoms with Gasteiger partial charge in [0, 0.05) is 17.5 Å². The van der Waals surface area contributed by atoms with Crippen molar-refractivity contribution in [3.8, 4) is 0 Å². The molecule has 2 rings (SSSR count). The monoisotopic (exact) mass is 230 g/mol. The van der Waals surface area contributed by atoms with Gasteiger partial charge in [-0.3, -0.25) is 9.20 Å². The molecule has 0 aliphatic heterocycles. The Labute approximate surface area is 101 Å². The summed E-state index contributed by atoms with van der Waals surface area (Å²) >= 11 is 0. The van der Waals surface area contributed by atoms with E-state index < -0.39 is 0 Å². The normalized spacial score (nSPS) is 12.0. The topological polar surface area (TPSA) is 34.4 Å². The molecule has 0 aromatic carbocycles. The Morgan fingerprint density at radius 3 is 2.65 bits per heavy atom. The van der Waals surface area contributed by atoms with Crippen LogP contribution in [-0.4, -0.2) is 9.38 Å². The van der Waals surface area contributed by atoms with Gasteiger partial charge in [-0.2, -0.15) is 0 Å². The fourth-order valence-corrected chi connectivity index (χ4v) is 2.00. The van der Waals surface area contributed by atoms with Gasteiger partial charge in [-0.05, 0) is 30.9 Å². The summed E-state index contributed by atoms with van der Waals surface area (Å²) in [6.45, 7) is 8.35. The minimum absolute atomic E-state index is 0.00681. The van der Waals surface area contributed by atoms with Crippen LogP contribution in [0.15, 0.2) is 29.1 Å². The second-order valence-corrected chi connectivity index (χ2v) is 5.68. The van der Waals surface area contributed by atoms with Gasteiger partial charge in [0.2, 0.25) is 0 Å². The zero-order valence-corrected chi connectivity index (χ0v) is 10.8. The number of hydrogen-bond donors (Lipinski definition) is 0. The summed E-state index contributed by atoms with van der Waals surface area (Å²) in [5.41, 5.74) is 2.67. The fraction of sp³-hybridized carbons (Fsp3) is 0.429. The van der Waals surface area contributed by atoms with Crippen molar-refractivity contribution in [3.63, 3.8) is 0 Å². The molecule has 0 amide bonds. The van der Waals surface area contributed by atoms with Crippen molar-refractivity contribution >= 4 is 5.65 Å². The van der Waals surface area contributed by atoms with E-state index in [0.717, 1.165) is 23.5 Å². The van der Waals surface area contributed by atoms with E-state index in [1.54, 1.807) is 10.5 Å². The molecule has 3 nitrogen and oxygen atoms in total. The minimum atomic E-state index is 0.00681. The molecule has 0 bridgehead atoms. The van der Waals surface area contributed by atoms with Gasteiger partial charge in [0.25, 0.3) is 5.56 Å². The Hall–Kier alpha value is -1.64. The second-order valence-electron chi connectivity index (χ2n) is 5.68. The summed E-state index contributed by atoms with van der Waals surface area (Å²) in [5.74, 6) is 0. The smallest absolute Gasteiger partial charge is 0.258 e. The summed E-state index contributed by atoms with van der Waals surface area (Å²) in [6, 6.07) is 7.36. The van der Waals surface area contributed by atoms with Crippen molar-refractivity contribution in [1.82, 2.24) is 9.38 Å². The molecule has 0 aliphatic rings. The number of aryl methyl sites for hydroxylation is 1. The van der Waals surface area contributed by atoms with Gasteiger partial charge in [0.05, 0.1) is 0 Å². The van der Waals surface area contributed by atoms with Crippen LogP contribution >= 0.6 is 0 Å². The highest BCUT2D eigenvalue weighted by Crippen LogP contribution is 2.18. The Balaban J connectivity index is 2.61. The Kier molecular flexibility index (Phi) is 2.77. The lowest BCUT2D eigenvalue weighted by Crippen LogP contribution is -2.20. The lowest BCUT2D eigenvalue weighted by Gasteiger charge is -2.17. The molecule has 0 fully saturated rings. The van der Waals surface area contributed by atoms with Crippen molar-refractivity contribution in [2.24, 2.45) is 5.41 Å². The Bertz CT molecular complexity index is 606. The van der Waals surface area contributed by atoms with Crippen LogP contribution in [0, 0.1) is 12.3 Å². The predicted octanol–water partition coefficient (Wildman–Crippen LogP) is 2.59. The molecule has 0 saturated carbocycles. The summed E-state index contributed by atoms with van der Waals surface area (Å²) in [4.78, 5) is 16.6. The van der Waals surface area contributed by atoms with E-state index in [1.165, 1.54) is 0 Å². The van der Waals surface area contributed by atoms with Gasteiger partial charge in [0.15, 0.2) is 0 Å². The first-order chi connectivity index (χ1) is 7.87. The SMILES string of the molecule is Cc1cccc2nc(CC(C)(C)C)cc(=O)n12. The third-order valence-electron chi connectivity index (χ3n) is 2.64. The van der Waals surface area contributed by atoms with Crippen LogP contribution in [0.1, 0.15) is 32.2 Å². The zero-order chi connectivity index (χ0) is 12.6. The largest absolute Gasteiger partial charge is 0.269 e. The molecule has 0 aliphatic carbocycles. The van der Waals surface area contributed by atoms with Gasteiger partial charge in [-0.25, -0.2) is 4.98 Å². The molecule has 0 N–H and O–H groups in total. The van der Waals surface area contributed by atoms with Crippen molar-refractivity contribution in [2.75, 3.05) is 0 Å². The lowest BCUT2D eigenvalue weighted by molar-refractivity contribution is 0.406. The summed E-state index contributed by atoms with van der Waals surface area (Å²) < 4.78 is 1.64. The van der Waals surface area contributed by atoms with E-state index in [-0.39, 0.29) is 11.0 Å². The number of rotatable bonds is 1. The van der Waals surface area contributed by atoms with Gasteiger partial charge in [0.1, 0.15) is 5.65 Å². The number of fused-ring (bicyclic) bond motifs is 1. The zero-order valence-electron chi connectivity index (χ0n) is 10.8. The summed E-state index contributed by atoms with van der Waals surface area (Å²) in [6.07, 6.45) is 0.812. The van der Waals surface area contributed by atoms with E-state index >= 15 is 0 Å². The highest BCUT2D eigenvalue weighted by atomic mass is 16.1. The number of nitrogens with zero attached hydrogens (tertiary/aromatic N) is 2. The molecule has 2 aromatic rings. The Morgan fingerprint density at radius 2 is 2.00 bits per heavy atom. The molecule has 2 heterocycles. The van der Waals surface area contributed by atoms with Gasteiger partial charge in [-0.15, -0.1) is 0 Å². The van der Waals surface area contributed by atoms with Crippen molar-refractivity contribution in [1.29, 1.82) is 0 Å². The van der Waals surface area contributed by atoms with Crippen LogP contribution in [-0.2, 0) is 6.42 Å². The maximum absolute atomic E-state index is 12.0. The Morgan fingerprint density at radius 1 is 1.29 bits per heavy atom. The molecule has 0 saturated heterocycles. The molecule has 3 heteroatoms. The third kappa shape index (κ3) is 2.54. The average molecular weight is 230 g/mol. The molecule has 17 heavy (non-hydrogen) atoms. The summed E-state index contributed by atoms with van der Waals surface area (Å²) in [5, 5.41) is 0. The highest BCUT2D eigenvalue weighted by molar-refractivity contribution is 5.40. The lowest BCUT2D eigenvalue weighted by atomic mass is 9.90. The van der Waals surface area contributed by atoms with Gasteiger partial charge in [-0.1, -0.05) is 26.8 Å². The van der Waals surface area contributed by atoms with Crippen LogP contribution in [0.2, 0.25) is 0 Å². The number of hydrogen-bond acceptors (Lipinski definition) is 2. The van der Waals surface area contributed by atoms with E-state index in [9.17, 15) is 4.79 Å². The van der Waals surface area contributed by atoms with Crippen molar-refractivity contribution in [3.05, 3.63) is 46.0 Å². The van der Waals surface area contributed by atoms with Crippen LogP contribution in [0.25, 0.3) is 5.65 Å². The molecule has 2 aromatic heterocycles. The minimum Gasteiger partial charge on any atom is -0.269 e. The third-order valence-corrected chi connectivity index (χ3v) is 2.64. The van der Waals surface area contributed by atoms with E-state index in [0.29, 0.717) is 0 Å². The van der Waals surface area contributed by atoms with Crippen molar-refractivity contribution in [2.45, 2.75) is 34.1 Å². The predicted molar refractivity (Wildman–Crippen MR) is 69.4 cm³/mol. The van der Waals surface area contributed by atoms with Gasteiger partial charge >= 0.3 is 0 Å². The first-order valence-electron chi connectivity index (χ1n) is 5.85.